The fourth-order valence-electron chi connectivity index (χ4n) is 15.3. The summed E-state index contributed by atoms with van der Waals surface area (Å²) in [5, 5.41) is 0. The zero-order valence-corrected chi connectivity index (χ0v) is 36.3. The molecule has 6 unspecified atom stereocenters. The van der Waals surface area contributed by atoms with E-state index in [2.05, 4.69) is 186 Å². The van der Waals surface area contributed by atoms with Crippen molar-refractivity contribution in [3.8, 4) is 22.3 Å². The van der Waals surface area contributed by atoms with Crippen molar-refractivity contribution in [2.45, 2.75) is 112 Å². The first-order chi connectivity index (χ1) is 28.5. The Morgan fingerprint density at radius 2 is 1.25 bits per heavy atom. The minimum atomic E-state index is -0.107. The summed E-state index contributed by atoms with van der Waals surface area (Å²) in [6.07, 6.45) is 8.14. The van der Waals surface area contributed by atoms with Gasteiger partial charge >= 0.3 is 0 Å². The number of anilines is 3. The van der Waals surface area contributed by atoms with Crippen molar-refractivity contribution < 1.29 is 0 Å². The highest BCUT2D eigenvalue weighted by Gasteiger charge is 2.84. The van der Waals surface area contributed by atoms with Crippen LogP contribution in [0.3, 0.4) is 0 Å². The van der Waals surface area contributed by atoms with Crippen molar-refractivity contribution in [3.05, 3.63) is 161 Å². The lowest BCUT2D eigenvalue weighted by atomic mass is 9.26. The summed E-state index contributed by atoms with van der Waals surface area (Å²) in [5.41, 5.74) is 19.1. The van der Waals surface area contributed by atoms with E-state index in [0.29, 0.717) is 5.41 Å². The van der Waals surface area contributed by atoms with Crippen LogP contribution in [0.15, 0.2) is 137 Å². The number of benzene rings is 6. The quantitative estimate of drug-likeness (QED) is 0.175. The third-order valence-corrected chi connectivity index (χ3v) is 19.0. The van der Waals surface area contributed by atoms with E-state index in [9.17, 15) is 0 Å². The molecule has 59 heavy (non-hydrogen) atoms. The Bertz CT molecular complexity index is 2790. The van der Waals surface area contributed by atoms with Crippen molar-refractivity contribution in [3.63, 3.8) is 0 Å². The fraction of sp³-hybridized carbons (Fsp3) is 0.368. The first kappa shape index (κ1) is 35.2. The summed E-state index contributed by atoms with van der Waals surface area (Å²) in [6.45, 7) is 14.9. The Balaban J connectivity index is 1.14. The smallest absolute Gasteiger partial charge is 0.0682 e. The van der Waals surface area contributed by atoms with Gasteiger partial charge in [0.15, 0.2) is 0 Å². The summed E-state index contributed by atoms with van der Waals surface area (Å²) in [7, 11) is 0. The zero-order valence-electron chi connectivity index (χ0n) is 35.5. The standard InChI is InChI=1S/C57H55NS/c1-53(2)27-28-54(3,4)50-43(53)20-14-21-46(50)58(37-23-24-40-39-17-10-11-18-41(39)55(5,6)45(40)32-37)51-38(35-15-8-7-9-16-35)25-26-44-52(51)59-47-22-13-12-19-42(47)57(44)48-30-34-29-36-31-49(57)56(36,48)33-34/h7-26,32,34,36,48-49H,27-31,33H2,1-6H3. The summed E-state index contributed by atoms with van der Waals surface area (Å²) in [4.78, 5) is 5.75. The Labute approximate surface area is 355 Å². The second kappa shape index (κ2) is 11.4. The monoisotopic (exact) mass is 785 g/mol. The molecule has 0 radical (unpaired) electrons. The van der Waals surface area contributed by atoms with Gasteiger partial charge in [-0.3, -0.25) is 0 Å². The maximum absolute atomic E-state index is 2.79. The first-order valence-corrected chi connectivity index (χ1v) is 23.5. The SMILES string of the molecule is CC1(C)CCC(C)(C)c2c(N(c3ccc4c(c3)C(C)(C)c3ccccc3-4)c3c(-c4ccccc4)ccc4c3Sc3ccccc3C43C4CC5CC6CC3C64C5)cccc21. The molecule has 6 aliphatic carbocycles. The van der Waals surface area contributed by atoms with Gasteiger partial charge in [-0.25, -0.2) is 0 Å². The van der Waals surface area contributed by atoms with Crippen molar-refractivity contribution >= 4 is 28.8 Å². The van der Waals surface area contributed by atoms with Crippen LogP contribution in [-0.2, 0) is 21.7 Å². The molecule has 13 rings (SSSR count). The molecule has 4 fully saturated rings. The summed E-state index contributed by atoms with van der Waals surface area (Å²) in [5.74, 6) is 3.35. The Hall–Kier alpha value is -4.53. The third kappa shape index (κ3) is 4.21. The summed E-state index contributed by atoms with van der Waals surface area (Å²) >= 11 is 2.07. The Kier molecular flexibility index (Phi) is 6.83. The van der Waals surface area contributed by atoms with Gasteiger partial charge in [-0.1, -0.05) is 156 Å². The molecule has 6 aromatic carbocycles. The predicted molar refractivity (Wildman–Crippen MR) is 246 cm³/mol. The van der Waals surface area contributed by atoms with Crippen LogP contribution in [0.5, 0.6) is 0 Å². The molecule has 0 N–H and O–H groups in total. The van der Waals surface area contributed by atoms with E-state index >= 15 is 0 Å². The van der Waals surface area contributed by atoms with E-state index in [4.69, 9.17) is 0 Å². The topological polar surface area (TPSA) is 3.24 Å². The lowest BCUT2D eigenvalue weighted by Gasteiger charge is -2.78. The molecule has 0 amide bonds. The van der Waals surface area contributed by atoms with E-state index < -0.39 is 0 Å². The number of rotatable bonds is 4. The van der Waals surface area contributed by atoms with Crippen molar-refractivity contribution in [1.82, 2.24) is 0 Å². The van der Waals surface area contributed by atoms with Gasteiger partial charge in [0.05, 0.1) is 11.4 Å². The van der Waals surface area contributed by atoms with Gasteiger partial charge in [0, 0.05) is 31.9 Å². The minimum Gasteiger partial charge on any atom is -0.308 e. The average molecular weight is 786 g/mol. The van der Waals surface area contributed by atoms with Gasteiger partial charge in [0.2, 0.25) is 0 Å². The van der Waals surface area contributed by atoms with E-state index in [1.807, 2.05) is 0 Å². The molecule has 2 heteroatoms. The van der Waals surface area contributed by atoms with E-state index in [1.165, 1.54) is 110 Å². The van der Waals surface area contributed by atoms with Gasteiger partial charge in [-0.15, -0.1) is 0 Å². The predicted octanol–water partition coefficient (Wildman–Crippen LogP) is 15.3. The van der Waals surface area contributed by atoms with E-state index in [1.54, 1.807) is 11.1 Å². The maximum atomic E-state index is 2.79. The van der Waals surface area contributed by atoms with E-state index in [0.717, 1.165) is 23.7 Å². The maximum Gasteiger partial charge on any atom is 0.0682 e. The lowest BCUT2D eigenvalue weighted by Crippen LogP contribution is -2.74. The molecule has 4 saturated carbocycles. The van der Waals surface area contributed by atoms with E-state index in [-0.39, 0.29) is 21.7 Å². The van der Waals surface area contributed by atoms with Crippen molar-refractivity contribution in [1.29, 1.82) is 0 Å². The number of hydrogen-bond acceptors (Lipinski definition) is 2. The number of fused-ring (bicyclic) bond motifs is 11. The lowest BCUT2D eigenvalue weighted by molar-refractivity contribution is -0.235. The molecule has 2 bridgehead atoms. The fourth-order valence-corrected chi connectivity index (χ4v) is 16.7. The van der Waals surface area contributed by atoms with Gasteiger partial charge in [-0.2, -0.15) is 0 Å². The second-order valence-corrected chi connectivity index (χ2v) is 22.6. The van der Waals surface area contributed by atoms with Crippen LogP contribution >= 0.6 is 11.8 Å². The van der Waals surface area contributed by atoms with Crippen LogP contribution < -0.4 is 4.90 Å². The Morgan fingerprint density at radius 3 is 2.08 bits per heavy atom. The van der Waals surface area contributed by atoms with Crippen LogP contribution in [0.1, 0.15) is 113 Å². The van der Waals surface area contributed by atoms with Gasteiger partial charge in [0.25, 0.3) is 0 Å². The molecule has 6 atom stereocenters. The van der Waals surface area contributed by atoms with Crippen LogP contribution in [0.2, 0.25) is 0 Å². The molecule has 6 aromatic rings. The van der Waals surface area contributed by atoms with Crippen LogP contribution in [-0.4, -0.2) is 0 Å². The highest BCUT2D eigenvalue weighted by Crippen LogP contribution is 2.89. The molecule has 1 aliphatic heterocycles. The number of hydrogen-bond donors (Lipinski definition) is 0. The average Bonchev–Trinajstić information content (AvgIpc) is 3.85. The van der Waals surface area contributed by atoms with Gasteiger partial charge < -0.3 is 4.90 Å². The van der Waals surface area contributed by atoms with Gasteiger partial charge in [-0.05, 0) is 153 Å². The molecular formula is C57H55NS. The highest BCUT2D eigenvalue weighted by molar-refractivity contribution is 7.99. The molecule has 0 saturated heterocycles. The van der Waals surface area contributed by atoms with Crippen molar-refractivity contribution in [2.75, 3.05) is 4.90 Å². The number of nitrogens with zero attached hydrogens (tertiary/aromatic N) is 1. The summed E-state index contributed by atoms with van der Waals surface area (Å²) < 4.78 is 0. The van der Waals surface area contributed by atoms with Crippen molar-refractivity contribution in [2.24, 2.45) is 29.1 Å². The molecule has 0 aromatic heterocycles. The minimum absolute atomic E-state index is 0.0129. The third-order valence-electron chi connectivity index (χ3n) is 17.8. The molecule has 294 valence electrons. The molecule has 1 nitrogen and oxygen atoms in total. The molecule has 7 aliphatic rings. The van der Waals surface area contributed by atoms with Crippen LogP contribution in [0.25, 0.3) is 22.3 Å². The van der Waals surface area contributed by atoms with Gasteiger partial charge in [0.1, 0.15) is 0 Å². The normalized spacial score (nSPS) is 29.6. The molecule has 1 heterocycles. The largest absolute Gasteiger partial charge is 0.308 e. The highest BCUT2D eigenvalue weighted by atomic mass is 32.2. The molecular weight excluding hydrogens is 731 g/mol. The van der Waals surface area contributed by atoms with Crippen LogP contribution in [0, 0.1) is 29.1 Å². The zero-order chi connectivity index (χ0) is 39.8. The first-order valence-electron chi connectivity index (χ1n) is 22.6. The second-order valence-electron chi connectivity index (χ2n) is 21.6. The Morgan fingerprint density at radius 1 is 0.559 bits per heavy atom. The summed E-state index contributed by atoms with van der Waals surface area (Å²) in [6, 6.07) is 50.1. The van der Waals surface area contributed by atoms with Crippen LogP contribution in [0.4, 0.5) is 17.1 Å². The molecule has 2 spiro atoms.